The van der Waals surface area contributed by atoms with Gasteiger partial charge in [0.05, 0.1) is 12.2 Å². The van der Waals surface area contributed by atoms with Gasteiger partial charge in [-0.1, -0.05) is 19.8 Å². The highest BCUT2D eigenvalue weighted by atomic mass is 15.3. The fourth-order valence-corrected chi connectivity index (χ4v) is 2.84. The van der Waals surface area contributed by atoms with Crippen LogP contribution in [-0.4, -0.2) is 15.8 Å². The third kappa shape index (κ3) is 2.46. The first kappa shape index (κ1) is 11.6. The molecule has 0 aliphatic heterocycles. The fourth-order valence-electron chi connectivity index (χ4n) is 2.84. The molecule has 3 atom stereocenters. The first-order chi connectivity index (χ1) is 7.70. The molecule has 0 saturated heterocycles. The van der Waals surface area contributed by atoms with Crippen molar-refractivity contribution in [1.82, 2.24) is 9.78 Å². The largest absolute Gasteiger partial charge is 0.326 e. The lowest BCUT2D eigenvalue weighted by molar-refractivity contribution is 0.212. The second kappa shape index (κ2) is 5.00. The Bertz CT molecular complexity index is 332. The Kier molecular flexibility index (Phi) is 3.64. The van der Waals surface area contributed by atoms with Gasteiger partial charge in [-0.25, -0.2) is 0 Å². The van der Waals surface area contributed by atoms with Gasteiger partial charge in [-0.15, -0.1) is 0 Å². The van der Waals surface area contributed by atoms with Gasteiger partial charge in [0.1, 0.15) is 0 Å². The molecule has 1 heterocycles. The van der Waals surface area contributed by atoms with E-state index in [0.29, 0.717) is 6.04 Å². The number of hydrogen-bond donors (Lipinski definition) is 1. The minimum absolute atomic E-state index is 0.285. The molecule has 2 rings (SSSR count). The molecule has 1 aliphatic carbocycles. The Morgan fingerprint density at radius 1 is 1.50 bits per heavy atom. The zero-order valence-electron chi connectivity index (χ0n) is 10.4. The van der Waals surface area contributed by atoms with Crippen molar-refractivity contribution in [2.45, 2.75) is 58.0 Å². The van der Waals surface area contributed by atoms with Crippen LogP contribution in [0.2, 0.25) is 0 Å². The number of hydrogen-bond acceptors (Lipinski definition) is 2. The zero-order valence-corrected chi connectivity index (χ0v) is 10.4. The van der Waals surface area contributed by atoms with E-state index in [9.17, 15) is 0 Å². The topological polar surface area (TPSA) is 43.8 Å². The van der Waals surface area contributed by atoms with Crippen molar-refractivity contribution in [2.24, 2.45) is 11.7 Å². The molecule has 0 radical (unpaired) electrons. The molecule has 1 fully saturated rings. The van der Waals surface area contributed by atoms with E-state index in [4.69, 9.17) is 5.73 Å². The van der Waals surface area contributed by atoms with E-state index in [-0.39, 0.29) is 6.04 Å². The van der Waals surface area contributed by atoms with Crippen LogP contribution in [-0.2, 0) is 0 Å². The molecule has 90 valence electrons. The average molecular weight is 221 g/mol. The van der Waals surface area contributed by atoms with Gasteiger partial charge in [0.25, 0.3) is 0 Å². The lowest BCUT2D eigenvalue weighted by Gasteiger charge is -2.34. The summed E-state index contributed by atoms with van der Waals surface area (Å²) in [5.41, 5.74) is 7.44. The summed E-state index contributed by atoms with van der Waals surface area (Å²) in [7, 11) is 0. The lowest BCUT2D eigenvalue weighted by Crippen LogP contribution is -2.38. The normalized spacial score (nSPS) is 30.6. The molecule has 1 aliphatic rings. The van der Waals surface area contributed by atoms with Gasteiger partial charge in [0, 0.05) is 12.2 Å². The molecular formula is C13H23N3. The van der Waals surface area contributed by atoms with Crippen molar-refractivity contribution >= 4 is 0 Å². The van der Waals surface area contributed by atoms with Gasteiger partial charge in [-0.3, -0.25) is 4.68 Å². The molecule has 1 aromatic heterocycles. The summed E-state index contributed by atoms with van der Waals surface area (Å²) in [5.74, 6) is 0.847. The summed E-state index contributed by atoms with van der Waals surface area (Å²) in [6, 6.07) is 0.700. The number of aromatic nitrogens is 2. The monoisotopic (exact) mass is 221 g/mol. The molecule has 2 N–H and O–H groups in total. The minimum atomic E-state index is 0.285. The highest BCUT2D eigenvalue weighted by molar-refractivity contribution is 5.02. The SMILES string of the molecule is CCCC1CCC(N)C(n2cc(C)cn2)C1. The molecule has 0 spiro atoms. The van der Waals surface area contributed by atoms with Crippen LogP contribution in [0.5, 0.6) is 0 Å². The number of rotatable bonds is 3. The molecule has 1 aromatic rings. The molecular weight excluding hydrogens is 198 g/mol. The van der Waals surface area contributed by atoms with E-state index >= 15 is 0 Å². The fraction of sp³-hybridized carbons (Fsp3) is 0.769. The highest BCUT2D eigenvalue weighted by Crippen LogP contribution is 2.33. The van der Waals surface area contributed by atoms with Crippen LogP contribution in [0.25, 0.3) is 0 Å². The summed E-state index contributed by atoms with van der Waals surface area (Å²) >= 11 is 0. The minimum Gasteiger partial charge on any atom is -0.326 e. The molecule has 3 nitrogen and oxygen atoms in total. The van der Waals surface area contributed by atoms with E-state index in [1.54, 1.807) is 0 Å². The molecule has 0 aromatic carbocycles. The summed E-state index contributed by atoms with van der Waals surface area (Å²) in [6.45, 7) is 4.35. The van der Waals surface area contributed by atoms with Gasteiger partial charge < -0.3 is 5.73 Å². The molecule has 3 unspecified atom stereocenters. The van der Waals surface area contributed by atoms with Crippen LogP contribution in [0.1, 0.15) is 50.6 Å². The third-order valence-corrected chi connectivity index (χ3v) is 3.74. The van der Waals surface area contributed by atoms with Crippen molar-refractivity contribution in [3.05, 3.63) is 18.0 Å². The molecule has 1 saturated carbocycles. The van der Waals surface area contributed by atoms with Crippen LogP contribution in [0.3, 0.4) is 0 Å². The Balaban J connectivity index is 2.06. The molecule has 3 heteroatoms. The van der Waals surface area contributed by atoms with Crippen molar-refractivity contribution < 1.29 is 0 Å². The standard InChI is InChI=1S/C13H23N3/c1-3-4-11-5-6-12(14)13(7-11)16-9-10(2)8-15-16/h8-9,11-13H,3-7,14H2,1-2H3. The summed E-state index contributed by atoms with van der Waals surface area (Å²) < 4.78 is 2.09. The first-order valence-electron chi connectivity index (χ1n) is 6.47. The van der Waals surface area contributed by atoms with E-state index < -0.39 is 0 Å². The van der Waals surface area contributed by atoms with Gasteiger partial charge in [0.2, 0.25) is 0 Å². The van der Waals surface area contributed by atoms with Crippen molar-refractivity contribution in [3.8, 4) is 0 Å². The van der Waals surface area contributed by atoms with Crippen molar-refractivity contribution in [3.63, 3.8) is 0 Å². The molecule has 16 heavy (non-hydrogen) atoms. The summed E-state index contributed by atoms with van der Waals surface area (Å²) in [4.78, 5) is 0. The Labute approximate surface area is 98.0 Å². The van der Waals surface area contributed by atoms with E-state index in [0.717, 1.165) is 12.3 Å². The Morgan fingerprint density at radius 3 is 2.94 bits per heavy atom. The van der Waals surface area contributed by atoms with Gasteiger partial charge in [-0.05, 0) is 37.7 Å². The Hall–Kier alpha value is -0.830. The maximum absolute atomic E-state index is 6.22. The number of nitrogens with two attached hydrogens (primary N) is 1. The van der Waals surface area contributed by atoms with Crippen LogP contribution >= 0.6 is 0 Å². The van der Waals surface area contributed by atoms with Crippen LogP contribution in [0.15, 0.2) is 12.4 Å². The maximum atomic E-state index is 6.22. The number of aryl methyl sites for hydroxylation is 1. The van der Waals surface area contributed by atoms with Crippen molar-refractivity contribution in [1.29, 1.82) is 0 Å². The van der Waals surface area contributed by atoms with E-state index in [1.165, 1.54) is 31.2 Å². The van der Waals surface area contributed by atoms with E-state index in [2.05, 4.69) is 29.8 Å². The summed E-state index contributed by atoms with van der Waals surface area (Å²) in [5, 5.41) is 4.42. The molecule has 0 bridgehead atoms. The maximum Gasteiger partial charge on any atom is 0.0672 e. The summed E-state index contributed by atoms with van der Waals surface area (Å²) in [6.07, 6.45) is 10.3. The van der Waals surface area contributed by atoms with Crippen molar-refractivity contribution in [2.75, 3.05) is 0 Å². The average Bonchev–Trinajstić information content (AvgIpc) is 2.68. The van der Waals surface area contributed by atoms with Crippen LogP contribution < -0.4 is 5.73 Å². The number of nitrogens with zero attached hydrogens (tertiary/aromatic N) is 2. The third-order valence-electron chi connectivity index (χ3n) is 3.74. The predicted molar refractivity (Wildman–Crippen MR) is 66.2 cm³/mol. The quantitative estimate of drug-likeness (QED) is 0.852. The van der Waals surface area contributed by atoms with Crippen LogP contribution in [0, 0.1) is 12.8 Å². The smallest absolute Gasteiger partial charge is 0.0672 e. The second-order valence-electron chi connectivity index (χ2n) is 5.20. The lowest BCUT2D eigenvalue weighted by atomic mass is 9.80. The van der Waals surface area contributed by atoms with Gasteiger partial charge in [-0.2, -0.15) is 5.10 Å². The van der Waals surface area contributed by atoms with Crippen LogP contribution in [0.4, 0.5) is 0 Å². The predicted octanol–water partition coefficient (Wildman–Crippen LogP) is 2.66. The zero-order chi connectivity index (χ0) is 11.5. The van der Waals surface area contributed by atoms with Gasteiger partial charge >= 0.3 is 0 Å². The molecule has 0 amide bonds. The van der Waals surface area contributed by atoms with Gasteiger partial charge in [0.15, 0.2) is 0 Å². The Morgan fingerprint density at radius 2 is 2.31 bits per heavy atom. The second-order valence-corrected chi connectivity index (χ2v) is 5.20. The highest BCUT2D eigenvalue weighted by Gasteiger charge is 2.29. The van der Waals surface area contributed by atoms with E-state index in [1.807, 2.05) is 6.20 Å². The first-order valence-corrected chi connectivity index (χ1v) is 6.47.